The van der Waals surface area contributed by atoms with Gasteiger partial charge in [0.15, 0.2) is 5.78 Å². The van der Waals surface area contributed by atoms with E-state index in [4.69, 9.17) is 4.74 Å². The molecule has 1 heterocycles. The first kappa shape index (κ1) is 16.5. The van der Waals surface area contributed by atoms with Crippen LogP contribution in [0.1, 0.15) is 28.4 Å². The van der Waals surface area contributed by atoms with E-state index in [1.165, 1.54) is 11.3 Å². The van der Waals surface area contributed by atoms with Crippen LogP contribution in [-0.4, -0.2) is 32.1 Å². The highest BCUT2D eigenvalue weighted by Crippen LogP contribution is 2.17. The highest BCUT2D eigenvalue weighted by molar-refractivity contribution is 6.06. The Morgan fingerprint density at radius 1 is 1.04 bits per heavy atom. The maximum atomic E-state index is 12.2. The van der Waals surface area contributed by atoms with E-state index in [1.54, 1.807) is 6.08 Å². The summed E-state index contributed by atoms with van der Waals surface area (Å²) in [5.74, 6) is 0.0370. The van der Waals surface area contributed by atoms with Crippen LogP contribution in [0.5, 0.6) is 0 Å². The van der Waals surface area contributed by atoms with Gasteiger partial charge in [-0.05, 0) is 35.8 Å². The minimum atomic E-state index is 0.0370. The molecule has 0 aliphatic carbocycles. The zero-order chi connectivity index (χ0) is 16.8. The Hall–Kier alpha value is -2.39. The van der Waals surface area contributed by atoms with Crippen LogP contribution in [0.2, 0.25) is 0 Å². The molecule has 2 aromatic rings. The highest BCUT2D eigenvalue weighted by Gasteiger charge is 2.10. The van der Waals surface area contributed by atoms with E-state index in [0.717, 1.165) is 43.9 Å². The van der Waals surface area contributed by atoms with Crippen molar-refractivity contribution in [2.45, 2.75) is 13.3 Å². The van der Waals surface area contributed by atoms with Gasteiger partial charge in [-0.2, -0.15) is 0 Å². The Kier molecular flexibility index (Phi) is 5.44. The molecular weight excluding hydrogens is 298 g/mol. The van der Waals surface area contributed by atoms with Crippen LogP contribution in [0, 0.1) is 0 Å². The number of ether oxygens (including phenoxy) is 1. The first-order valence-corrected chi connectivity index (χ1v) is 8.50. The van der Waals surface area contributed by atoms with Crippen LogP contribution in [0.3, 0.4) is 0 Å². The predicted octanol–water partition coefficient (Wildman–Crippen LogP) is 3.98. The van der Waals surface area contributed by atoms with Crippen molar-refractivity contribution in [2.75, 3.05) is 31.2 Å². The fourth-order valence-corrected chi connectivity index (χ4v) is 2.79. The first-order chi connectivity index (χ1) is 11.8. The van der Waals surface area contributed by atoms with Gasteiger partial charge in [-0.15, -0.1) is 0 Å². The molecule has 1 saturated heterocycles. The number of benzene rings is 2. The summed E-state index contributed by atoms with van der Waals surface area (Å²) in [7, 11) is 0. The number of hydrogen-bond donors (Lipinski definition) is 0. The van der Waals surface area contributed by atoms with Crippen molar-refractivity contribution in [1.82, 2.24) is 0 Å². The largest absolute Gasteiger partial charge is 0.378 e. The van der Waals surface area contributed by atoms with Gasteiger partial charge in [-0.25, -0.2) is 0 Å². The topological polar surface area (TPSA) is 29.5 Å². The summed E-state index contributed by atoms with van der Waals surface area (Å²) in [6.07, 6.45) is 4.50. The van der Waals surface area contributed by atoms with Crippen molar-refractivity contribution in [3.05, 3.63) is 71.3 Å². The second-order valence-corrected chi connectivity index (χ2v) is 5.94. The van der Waals surface area contributed by atoms with Crippen molar-refractivity contribution in [3.63, 3.8) is 0 Å². The van der Waals surface area contributed by atoms with Crippen molar-refractivity contribution >= 4 is 17.5 Å². The van der Waals surface area contributed by atoms with E-state index in [-0.39, 0.29) is 5.78 Å². The lowest BCUT2D eigenvalue weighted by atomic mass is 10.1. The summed E-state index contributed by atoms with van der Waals surface area (Å²) in [5.41, 5.74) is 4.21. The van der Waals surface area contributed by atoms with Crippen LogP contribution in [0.25, 0.3) is 6.08 Å². The number of aryl methyl sites for hydroxylation is 1. The predicted molar refractivity (Wildman–Crippen MR) is 98.7 cm³/mol. The van der Waals surface area contributed by atoms with Gasteiger partial charge in [0, 0.05) is 24.3 Å². The fourth-order valence-electron chi connectivity index (χ4n) is 2.79. The van der Waals surface area contributed by atoms with Gasteiger partial charge in [0.25, 0.3) is 0 Å². The van der Waals surface area contributed by atoms with Crippen LogP contribution in [0.4, 0.5) is 5.69 Å². The smallest absolute Gasteiger partial charge is 0.185 e. The lowest BCUT2D eigenvalue weighted by Crippen LogP contribution is -2.36. The summed E-state index contributed by atoms with van der Waals surface area (Å²) >= 11 is 0. The van der Waals surface area contributed by atoms with Crippen LogP contribution < -0.4 is 4.90 Å². The Labute approximate surface area is 143 Å². The fraction of sp³-hybridized carbons (Fsp3) is 0.286. The monoisotopic (exact) mass is 321 g/mol. The third kappa shape index (κ3) is 4.12. The number of morpholine rings is 1. The summed E-state index contributed by atoms with van der Waals surface area (Å²) < 4.78 is 5.38. The third-order valence-corrected chi connectivity index (χ3v) is 4.34. The van der Waals surface area contributed by atoms with E-state index in [0.29, 0.717) is 0 Å². The molecule has 0 N–H and O–H groups in total. The molecule has 3 rings (SSSR count). The average molecular weight is 321 g/mol. The molecule has 0 amide bonds. The Bertz CT molecular complexity index is 696. The summed E-state index contributed by atoms with van der Waals surface area (Å²) in [4.78, 5) is 14.5. The van der Waals surface area contributed by atoms with Gasteiger partial charge < -0.3 is 9.64 Å². The van der Waals surface area contributed by atoms with E-state index in [2.05, 4.69) is 36.1 Å². The van der Waals surface area contributed by atoms with E-state index >= 15 is 0 Å². The normalized spacial score (nSPS) is 15.0. The van der Waals surface area contributed by atoms with Crippen molar-refractivity contribution in [3.8, 4) is 0 Å². The Morgan fingerprint density at radius 3 is 2.33 bits per heavy atom. The van der Waals surface area contributed by atoms with Gasteiger partial charge in [0.05, 0.1) is 13.2 Å². The molecule has 0 bridgehead atoms. The molecule has 0 radical (unpaired) electrons. The number of hydrogen-bond acceptors (Lipinski definition) is 3. The van der Waals surface area contributed by atoms with E-state index < -0.39 is 0 Å². The average Bonchev–Trinajstić information content (AvgIpc) is 2.67. The summed E-state index contributed by atoms with van der Waals surface area (Å²) in [6.45, 7) is 5.54. The van der Waals surface area contributed by atoms with Gasteiger partial charge >= 0.3 is 0 Å². The molecule has 24 heavy (non-hydrogen) atoms. The summed E-state index contributed by atoms with van der Waals surface area (Å²) in [5, 5.41) is 0. The minimum Gasteiger partial charge on any atom is -0.378 e. The molecule has 1 aliphatic rings. The molecule has 0 saturated carbocycles. The lowest BCUT2D eigenvalue weighted by Gasteiger charge is -2.28. The first-order valence-electron chi connectivity index (χ1n) is 8.50. The molecule has 0 atom stereocenters. The molecule has 3 heteroatoms. The zero-order valence-corrected chi connectivity index (χ0v) is 14.1. The number of carbonyl (C=O) groups is 1. The Morgan fingerprint density at radius 2 is 1.71 bits per heavy atom. The van der Waals surface area contributed by atoms with Crippen molar-refractivity contribution < 1.29 is 9.53 Å². The quantitative estimate of drug-likeness (QED) is 0.616. The molecular formula is C21H23NO2. The van der Waals surface area contributed by atoms with Gasteiger partial charge in [0.2, 0.25) is 0 Å². The number of anilines is 1. The maximum absolute atomic E-state index is 12.2. The SMILES string of the molecule is CCc1ccc(C(=O)/C=C/c2ccc(N3CCOCC3)cc2)cc1. The highest BCUT2D eigenvalue weighted by atomic mass is 16.5. The maximum Gasteiger partial charge on any atom is 0.185 e. The molecule has 0 unspecified atom stereocenters. The van der Waals surface area contributed by atoms with Crippen LogP contribution in [-0.2, 0) is 11.2 Å². The molecule has 1 fully saturated rings. The van der Waals surface area contributed by atoms with Crippen LogP contribution in [0.15, 0.2) is 54.6 Å². The molecule has 3 nitrogen and oxygen atoms in total. The zero-order valence-electron chi connectivity index (χ0n) is 14.1. The lowest BCUT2D eigenvalue weighted by molar-refractivity contribution is 0.104. The van der Waals surface area contributed by atoms with Crippen LogP contribution >= 0.6 is 0 Å². The standard InChI is InChI=1S/C21H23NO2/c1-2-17-3-8-19(9-4-17)21(23)12-7-18-5-10-20(11-6-18)22-13-15-24-16-14-22/h3-12H,2,13-16H2,1H3/b12-7+. The number of carbonyl (C=O) groups excluding carboxylic acids is 1. The second-order valence-electron chi connectivity index (χ2n) is 5.94. The number of nitrogens with zero attached hydrogens (tertiary/aromatic N) is 1. The number of ketones is 1. The Balaban J connectivity index is 1.63. The number of allylic oxidation sites excluding steroid dienone is 1. The van der Waals surface area contributed by atoms with Gasteiger partial charge in [-0.3, -0.25) is 4.79 Å². The van der Waals surface area contributed by atoms with Gasteiger partial charge in [0.1, 0.15) is 0 Å². The molecule has 2 aromatic carbocycles. The van der Waals surface area contributed by atoms with Gasteiger partial charge in [-0.1, -0.05) is 49.4 Å². The summed E-state index contributed by atoms with van der Waals surface area (Å²) in [6, 6.07) is 16.1. The second kappa shape index (κ2) is 7.93. The molecule has 1 aliphatic heterocycles. The molecule has 124 valence electrons. The van der Waals surface area contributed by atoms with Crippen molar-refractivity contribution in [1.29, 1.82) is 0 Å². The van der Waals surface area contributed by atoms with Crippen molar-refractivity contribution in [2.24, 2.45) is 0 Å². The molecule has 0 aromatic heterocycles. The third-order valence-electron chi connectivity index (χ3n) is 4.34. The van der Waals surface area contributed by atoms with E-state index in [1.807, 2.05) is 30.3 Å². The van der Waals surface area contributed by atoms with E-state index in [9.17, 15) is 4.79 Å². The minimum absolute atomic E-state index is 0.0370. The number of rotatable bonds is 5. The molecule has 0 spiro atoms.